The first kappa shape index (κ1) is 14.2. The number of rotatable bonds is 4. The lowest BCUT2D eigenvalue weighted by molar-refractivity contribution is 0.380. The van der Waals surface area contributed by atoms with E-state index in [-0.39, 0.29) is 0 Å². The van der Waals surface area contributed by atoms with Gasteiger partial charge in [0.05, 0.1) is 0 Å². The molecule has 1 aromatic carbocycles. The molecule has 16 heavy (non-hydrogen) atoms. The Bertz CT molecular complexity index is 309. The van der Waals surface area contributed by atoms with Crippen LogP contribution in [-0.2, 0) is 6.42 Å². The molecule has 1 aromatic rings. The second-order valence-corrected chi connectivity index (χ2v) is 7.37. The SMILES string of the molecule is CC(C)(C)C(Br)CCCc1ccc(Br)cc1. The maximum Gasteiger partial charge on any atom is 0.0194 e. The minimum atomic E-state index is 0.361. The van der Waals surface area contributed by atoms with Crippen molar-refractivity contribution in [3.8, 4) is 0 Å². The molecule has 0 aliphatic carbocycles. The van der Waals surface area contributed by atoms with Crippen LogP contribution >= 0.6 is 31.9 Å². The van der Waals surface area contributed by atoms with E-state index in [1.165, 1.54) is 24.8 Å². The quantitative estimate of drug-likeness (QED) is 0.623. The molecule has 0 bridgehead atoms. The van der Waals surface area contributed by atoms with Gasteiger partial charge in [0.2, 0.25) is 0 Å². The van der Waals surface area contributed by atoms with Crippen LogP contribution in [-0.4, -0.2) is 4.83 Å². The normalized spacial score (nSPS) is 13.8. The van der Waals surface area contributed by atoms with Gasteiger partial charge in [0, 0.05) is 9.30 Å². The molecule has 0 spiro atoms. The summed E-state index contributed by atoms with van der Waals surface area (Å²) in [6.45, 7) is 6.85. The maximum absolute atomic E-state index is 3.78. The van der Waals surface area contributed by atoms with Crippen molar-refractivity contribution in [1.82, 2.24) is 0 Å². The first-order valence-corrected chi connectivity index (χ1v) is 7.49. The highest BCUT2D eigenvalue weighted by atomic mass is 79.9. The summed E-state index contributed by atoms with van der Waals surface area (Å²) in [6, 6.07) is 8.63. The lowest BCUT2D eigenvalue weighted by Gasteiger charge is -2.25. The van der Waals surface area contributed by atoms with Crippen LogP contribution in [0.1, 0.15) is 39.2 Å². The van der Waals surface area contributed by atoms with Crippen LogP contribution in [0.5, 0.6) is 0 Å². The number of aryl methyl sites for hydroxylation is 1. The van der Waals surface area contributed by atoms with E-state index in [9.17, 15) is 0 Å². The summed E-state index contributed by atoms with van der Waals surface area (Å²) in [7, 11) is 0. The molecular weight excluding hydrogens is 328 g/mol. The first-order valence-electron chi connectivity index (χ1n) is 5.78. The van der Waals surface area contributed by atoms with E-state index in [4.69, 9.17) is 0 Å². The van der Waals surface area contributed by atoms with Gasteiger partial charge in [-0.15, -0.1) is 0 Å². The first-order chi connectivity index (χ1) is 7.39. The van der Waals surface area contributed by atoms with Gasteiger partial charge in [0.15, 0.2) is 0 Å². The molecule has 90 valence electrons. The van der Waals surface area contributed by atoms with Gasteiger partial charge in [-0.25, -0.2) is 0 Å². The molecule has 0 nitrogen and oxygen atoms in total. The number of hydrogen-bond donors (Lipinski definition) is 0. The molecule has 1 atom stereocenters. The molecule has 0 fully saturated rings. The van der Waals surface area contributed by atoms with Crippen LogP contribution in [0.15, 0.2) is 28.7 Å². The Morgan fingerprint density at radius 1 is 1.12 bits per heavy atom. The standard InChI is InChI=1S/C14H20Br2/c1-14(2,3)13(16)6-4-5-11-7-9-12(15)10-8-11/h7-10,13H,4-6H2,1-3H3. The largest absolute Gasteiger partial charge is 0.0885 e. The summed E-state index contributed by atoms with van der Waals surface area (Å²) >= 11 is 7.23. The predicted octanol–water partition coefficient (Wildman–Crippen LogP) is 5.58. The van der Waals surface area contributed by atoms with Crippen molar-refractivity contribution in [2.24, 2.45) is 5.41 Å². The van der Waals surface area contributed by atoms with Crippen molar-refractivity contribution in [3.05, 3.63) is 34.3 Å². The summed E-state index contributed by atoms with van der Waals surface area (Å²) < 4.78 is 1.16. The second kappa shape index (κ2) is 6.20. The van der Waals surface area contributed by atoms with Gasteiger partial charge in [-0.2, -0.15) is 0 Å². The van der Waals surface area contributed by atoms with Gasteiger partial charge in [0.1, 0.15) is 0 Å². The van der Waals surface area contributed by atoms with Gasteiger partial charge in [-0.1, -0.05) is 64.8 Å². The zero-order chi connectivity index (χ0) is 12.2. The van der Waals surface area contributed by atoms with Crippen LogP contribution in [0, 0.1) is 5.41 Å². The molecule has 0 heterocycles. The highest BCUT2D eigenvalue weighted by Crippen LogP contribution is 2.30. The molecule has 0 saturated heterocycles. The molecule has 1 unspecified atom stereocenters. The third-order valence-corrected chi connectivity index (χ3v) is 5.14. The molecule has 2 heteroatoms. The Morgan fingerprint density at radius 2 is 1.69 bits per heavy atom. The van der Waals surface area contributed by atoms with E-state index in [1.807, 2.05) is 0 Å². The second-order valence-electron chi connectivity index (χ2n) is 5.35. The van der Waals surface area contributed by atoms with Gasteiger partial charge >= 0.3 is 0 Å². The molecule has 0 amide bonds. The Kier molecular flexibility index (Phi) is 5.52. The Hall–Kier alpha value is 0.180. The monoisotopic (exact) mass is 346 g/mol. The van der Waals surface area contributed by atoms with E-state index >= 15 is 0 Å². The van der Waals surface area contributed by atoms with E-state index in [2.05, 4.69) is 76.9 Å². The Morgan fingerprint density at radius 3 is 2.19 bits per heavy atom. The summed E-state index contributed by atoms with van der Waals surface area (Å²) in [5.74, 6) is 0. The molecule has 0 aliphatic heterocycles. The molecule has 0 saturated carbocycles. The van der Waals surface area contributed by atoms with Crippen LogP contribution in [0.25, 0.3) is 0 Å². The van der Waals surface area contributed by atoms with E-state index in [0.717, 1.165) is 4.47 Å². The molecule has 0 N–H and O–H groups in total. The third-order valence-electron chi connectivity index (χ3n) is 2.78. The average Bonchev–Trinajstić information content (AvgIpc) is 2.19. The van der Waals surface area contributed by atoms with Crippen molar-refractivity contribution >= 4 is 31.9 Å². The van der Waals surface area contributed by atoms with Crippen LogP contribution < -0.4 is 0 Å². The molecule has 0 aromatic heterocycles. The zero-order valence-corrected chi connectivity index (χ0v) is 13.4. The number of benzene rings is 1. The smallest absolute Gasteiger partial charge is 0.0194 e. The van der Waals surface area contributed by atoms with Crippen molar-refractivity contribution in [2.75, 3.05) is 0 Å². The van der Waals surface area contributed by atoms with Crippen molar-refractivity contribution < 1.29 is 0 Å². The lowest BCUT2D eigenvalue weighted by atomic mass is 9.89. The highest BCUT2D eigenvalue weighted by Gasteiger charge is 2.20. The van der Waals surface area contributed by atoms with E-state index in [0.29, 0.717) is 10.2 Å². The fourth-order valence-corrected chi connectivity index (χ4v) is 2.16. The van der Waals surface area contributed by atoms with Crippen molar-refractivity contribution in [3.63, 3.8) is 0 Å². The topological polar surface area (TPSA) is 0 Å². The van der Waals surface area contributed by atoms with Crippen LogP contribution in [0.4, 0.5) is 0 Å². The van der Waals surface area contributed by atoms with Crippen molar-refractivity contribution in [1.29, 1.82) is 0 Å². The molecule has 0 radical (unpaired) electrons. The molecule has 1 rings (SSSR count). The Balaban J connectivity index is 2.33. The van der Waals surface area contributed by atoms with Gasteiger partial charge in [0.25, 0.3) is 0 Å². The van der Waals surface area contributed by atoms with Gasteiger partial charge < -0.3 is 0 Å². The minimum absolute atomic E-state index is 0.361. The summed E-state index contributed by atoms with van der Waals surface area (Å²) in [5, 5.41) is 0. The van der Waals surface area contributed by atoms with E-state index in [1.54, 1.807) is 0 Å². The predicted molar refractivity (Wildman–Crippen MR) is 79.3 cm³/mol. The maximum atomic E-state index is 3.78. The summed E-state index contributed by atoms with van der Waals surface area (Å²) in [4.78, 5) is 0.607. The average molecular weight is 348 g/mol. The fraction of sp³-hybridized carbons (Fsp3) is 0.571. The Labute approximate surface area is 116 Å². The highest BCUT2D eigenvalue weighted by molar-refractivity contribution is 9.10. The zero-order valence-electron chi connectivity index (χ0n) is 10.3. The fourth-order valence-electron chi connectivity index (χ4n) is 1.57. The third kappa shape index (κ3) is 5.01. The number of hydrogen-bond acceptors (Lipinski definition) is 0. The van der Waals surface area contributed by atoms with Crippen molar-refractivity contribution in [2.45, 2.75) is 44.9 Å². The molecule has 0 aliphatic rings. The van der Waals surface area contributed by atoms with Crippen LogP contribution in [0.2, 0.25) is 0 Å². The van der Waals surface area contributed by atoms with E-state index < -0.39 is 0 Å². The van der Waals surface area contributed by atoms with Gasteiger partial charge in [-0.05, 0) is 42.4 Å². The summed E-state index contributed by atoms with van der Waals surface area (Å²) in [5.41, 5.74) is 1.79. The molecular formula is C14H20Br2. The summed E-state index contributed by atoms with van der Waals surface area (Å²) in [6.07, 6.45) is 3.65. The van der Waals surface area contributed by atoms with Crippen LogP contribution in [0.3, 0.4) is 0 Å². The number of halogens is 2. The number of alkyl halides is 1. The van der Waals surface area contributed by atoms with Gasteiger partial charge in [-0.3, -0.25) is 0 Å². The lowest BCUT2D eigenvalue weighted by Crippen LogP contribution is -2.20. The minimum Gasteiger partial charge on any atom is -0.0885 e.